The Kier molecular flexibility index (Phi) is 2.84. The van der Waals surface area contributed by atoms with Gasteiger partial charge in [-0.05, 0) is 23.9 Å². The Morgan fingerprint density at radius 1 is 1.57 bits per heavy atom. The van der Waals surface area contributed by atoms with Gasteiger partial charge in [0.25, 0.3) is 0 Å². The van der Waals surface area contributed by atoms with Gasteiger partial charge in [0.1, 0.15) is 4.88 Å². The zero-order chi connectivity index (χ0) is 10.9. The molecule has 0 saturated heterocycles. The lowest BCUT2D eigenvalue weighted by molar-refractivity contribution is -0.139. The highest BCUT2D eigenvalue weighted by Gasteiger charge is 2.33. The fourth-order valence-corrected chi connectivity index (χ4v) is 1.74. The first-order valence-electron chi connectivity index (χ1n) is 3.71. The number of aliphatic carboxylic acids is 1. The number of carbonyl (C=O) groups is 1. The van der Waals surface area contributed by atoms with E-state index in [9.17, 15) is 18.0 Å². The van der Waals surface area contributed by atoms with E-state index in [1.54, 1.807) is 0 Å². The first kappa shape index (κ1) is 11.0. The van der Waals surface area contributed by atoms with E-state index >= 15 is 0 Å². The highest BCUT2D eigenvalue weighted by Crippen LogP contribution is 2.35. The summed E-state index contributed by atoms with van der Waals surface area (Å²) in [4.78, 5) is 9.72. The Bertz CT molecular complexity index is 343. The zero-order valence-electron chi connectivity index (χ0n) is 7.13. The van der Waals surface area contributed by atoms with E-state index in [0.29, 0.717) is 11.3 Å². The molecule has 0 amide bonds. The van der Waals surface area contributed by atoms with Gasteiger partial charge in [-0.1, -0.05) is 0 Å². The number of rotatable bonds is 2. The third kappa shape index (κ3) is 2.25. The molecule has 6 heteroatoms. The van der Waals surface area contributed by atoms with Gasteiger partial charge in [0, 0.05) is 0 Å². The van der Waals surface area contributed by atoms with Crippen LogP contribution in [0, 0.1) is 0 Å². The van der Waals surface area contributed by atoms with Gasteiger partial charge in [0.05, 0.1) is 5.92 Å². The summed E-state index contributed by atoms with van der Waals surface area (Å²) in [6.07, 6.45) is -4.39. The van der Waals surface area contributed by atoms with Crippen LogP contribution >= 0.6 is 11.3 Å². The Morgan fingerprint density at radius 3 is 2.50 bits per heavy atom. The van der Waals surface area contributed by atoms with Gasteiger partial charge in [-0.15, -0.1) is 11.3 Å². The van der Waals surface area contributed by atoms with E-state index in [-0.39, 0.29) is 5.56 Å². The monoisotopic (exact) mass is 224 g/mol. The standard InChI is InChI=1S/C8H7F3O2S/c1-4(7(12)13)5-2-6(14-3-5)8(9,10)11/h2-4H,1H3,(H,12,13). The van der Waals surface area contributed by atoms with Crippen molar-refractivity contribution in [2.24, 2.45) is 0 Å². The molecule has 1 aromatic heterocycles. The predicted molar refractivity (Wildman–Crippen MR) is 45.4 cm³/mol. The molecule has 0 spiro atoms. The van der Waals surface area contributed by atoms with Gasteiger partial charge >= 0.3 is 12.1 Å². The Morgan fingerprint density at radius 2 is 2.14 bits per heavy atom. The second-order valence-corrected chi connectivity index (χ2v) is 3.71. The molecule has 1 unspecified atom stereocenters. The summed E-state index contributed by atoms with van der Waals surface area (Å²) < 4.78 is 36.4. The molecule has 0 radical (unpaired) electrons. The second-order valence-electron chi connectivity index (χ2n) is 2.80. The van der Waals surface area contributed by atoms with Crippen LogP contribution in [0.3, 0.4) is 0 Å². The second kappa shape index (κ2) is 3.61. The SMILES string of the molecule is CC(C(=O)O)c1csc(C(F)(F)F)c1. The van der Waals surface area contributed by atoms with Gasteiger partial charge in [-0.25, -0.2) is 0 Å². The highest BCUT2D eigenvalue weighted by atomic mass is 32.1. The maximum Gasteiger partial charge on any atom is 0.425 e. The summed E-state index contributed by atoms with van der Waals surface area (Å²) >= 11 is 0.514. The van der Waals surface area contributed by atoms with E-state index in [4.69, 9.17) is 5.11 Å². The first-order valence-corrected chi connectivity index (χ1v) is 4.58. The Hall–Kier alpha value is -1.04. The van der Waals surface area contributed by atoms with E-state index in [0.717, 1.165) is 6.07 Å². The average molecular weight is 224 g/mol. The lowest BCUT2D eigenvalue weighted by Crippen LogP contribution is -2.06. The van der Waals surface area contributed by atoms with Crippen LogP contribution in [0.25, 0.3) is 0 Å². The van der Waals surface area contributed by atoms with E-state index in [1.807, 2.05) is 0 Å². The molecule has 1 N–H and O–H groups in total. The summed E-state index contributed by atoms with van der Waals surface area (Å²) in [5, 5.41) is 9.79. The molecule has 0 bridgehead atoms. The van der Waals surface area contributed by atoms with Gasteiger partial charge in [0.2, 0.25) is 0 Å². The van der Waals surface area contributed by atoms with Crippen LogP contribution in [0.15, 0.2) is 11.4 Å². The average Bonchev–Trinajstić information content (AvgIpc) is 2.49. The summed E-state index contributed by atoms with van der Waals surface area (Å²) in [6.45, 7) is 1.35. The minimum Gasteiger partial charge on any atom is -0.481 e. The van der Waals surface area contributed by atoms with E-state index in [1.165, 1.54) is 12.3 Å². The molecule has 78 valence electrons. The van der Waals surface area contributed by atoms with Gasteiger partial charge < -0.3 is 5.11 Å². The van der Waals surface area contributed by atoms with Crippen molar-refractivity contribution in [3.05, 3.63) is 21.9 Å². The first-order chi connectivity index (χ1) is 6.32. The third-order valence-electron chi connectivity index (χ3n) is 1.77. The number of hydrogen-bond acceptors (Lipinski definition) is 2. The number of alkyl halides is 3. The van der Waals surface area contributed by atoms with Gasteiger partial charge in [-0.2, -0.15) is 13.2 Å². The topological polar surface area (TPSA) is 37.3 Å². The molecule has 2 nitrogen and oxygen atoms in total. The van der Waals surface area contributed by atoms with Crippen molar-refractivity contribution in [3.63, 3.8) is 0 Å². The Balaban J connectivity index is 2.94. The van der Waals surface area contributed by atoms with Crippen LogP contribution in [0.2, 0.25) is 0 Å². The quantitative estimate of drug-likeness (QED) is 0.838. The van der Waals surface area contributed by atoms with Crippen molar-refractivity contribution in [2.45, 2.75) is 19.0 Å². The molecule has 1 aromatic rings. The van der Waals surface area contributed by atoms with Crippen LogP contribution in [-0.4, -0.2) is 11.1 Å². The largest absolute Gasteiger partial charge is 0.481 e. The van der Waals surface area contributed by atoms with Crippen molar-refractivity contribution in [3.8, 4) is 0 Å². The third-order valence-corrected chi connectivity index (χ3v) is 2.76. The molecule has 0 saturated carbocycles. The van der Waals surface area contributed by atoms with Crippen LogP contribution in [-0.2, 0) is 11.0 Å². The normalized spacial score (nSPS) is 14.0. The van der Waals surface area contributed by atoms with Gasteiger partial charge in [0.15, 0.2) is 0 Å². The molecule has 0 aliphatic carbocycles. The molecule has 1 heterocycles. The van der Waals surface area contributed by atoms with Crippen LogP contribution in [0.4, 0.5) is 13.2 Å². The molecular formula is C8H7F3O2S. The van der Waals surface area contributed by atoms with Crippen LogP contribution in [0.1, 0.15) is 23.3 Å². The van der Waals surface area contributed by atoms with E-state index < -0.39 is 22.9 Å². The number of carboxylic acid groups (broad SMARTS) is 1. The molecule has 0 fully saturated rings. The molecule has 0 aromatic carbocycles. The lowest BCUT2D eigenvalue weighted by atomic mass is 10.1. The van der Waals surface area contributed by atoms with Gasteiger partial charge in [-0.3, -0.25) is 4.79 Å². The lowest BCUT2D eigenvalue weighted by Gasteiger charge is -2.02. The van der Waals surface area contributed by atoms with Crippen LogP contribution in [0.5, 0.6) is 0 Å². The summed E-state index contributed by atoms with van der Waals surface area (Å²) in [5.74, 6) is -2.03. The Labute approximate surface area is 82.0 Å². The number of thiophene rings is 1. The summed E-state index contributed by atoms with van der Waals surface area (Å²) in [5.41, 5.74) is 0.190. The molecule has 14 heavy (non-hydrogen) atoms. The summed E-state index contributed by atoms with van der Waals surface area (Å²) in [7, 11) is 0. The number of halogens is 3. The fourth-order valence-electron chi connectivity index (χ4n) is 0.869. The predicted octanol–water partition coefficient (Wildman–Crippen LogP) is 2.96. The maximum absolute atomic E-state index is 12.1. The fraction of sp³-hybridized carbons (Fsp3) is 0.375. The van der Waals surface area contributed by atoms with Crippen molar-refractivity contribution in [2.75, 3.05) is 0 Å². The number of hydrogen-bond donors (Lipinski definition) is 1. The van der Waals surface area contributed by atoms with E-state index in [2.05, 4.69) is 0 Å². The van der Waals surface area contributed by atoms with Crippen molar-refractivity contribution in [1.29, 1.82) is 0 Å². The molecule has 1 rings (SSSR count). The highest BCUT2D eigenvalue weighted by molar-refractivity contribution is 7.10. The van der Waals surface area contributed by atoms with Crippen LogP contribution < -0.4 is 0 Å². The molecule has 0 aliphatic heterocycles. The molecular weight excluding hydrogens is 217 g/mol. The smallest absolute Gasteiger partial charge is 0.425 e. The number of carboxylic acids is 1. The minimum absolute atomic E-state index is 0.190. The maximum atomic E-state index is 12.1. The van der Waals surface area contributed by atoms with Crippen molar-refractivity contribution < 1.29 is 23.1 Å². The molecule has 1 atom stereocenters. The zero-order valence-corrected chi connectivity index (χ0v) is 7.95. The van der Waals surface area contributed by atoms with Crippen molar-refractivity contribution >= 4 is 17.3 Å². The molecule has 0 aliphatic rings. The minimum atomic E-state index is -4.39. The summed E-state index contributed by atoms with van der Waals surface area (Å²) in [6, 6.07) is 0.878. The van der Waals surface area contributed by atoms with Crippen molar-refractivity contribution in [1.82, 2.24) is 0 Å².